The maximum absolute atomic E-state index is 8.82. The summed E-state index contributed by atoms with van der Waals surface area (Å²) in [6, 6.07) is 14.2. The van der Waals surface area contributed by atoms with Gasteiger partial charge in [-0.1, -0.05) is 18.2 Å². The van der Waals surface area contributed by atoms with E-state index in [0.717, 1.165) is 18.7 Å². The molecule has 0 fully saturated rings. The third-order valence-corrected chi connectivity index (χ3v) is 3.76. The zero-order chi connectivity index (χ0) is 13.9. The largest absolute Gasteiger partial charge is 0.339 e. The third-order valence-electron chi connectivity index (χ3n) is 3.76. The summed E-state index contributed by atoms with van der Waals surface area (Å²) in [6.45, 7) is 1.61. The minimum atomic E-state index is 0.444. The molecule has 2 aromatic rings. The first kappa shape index (κ1) is 12.6. The van der Waals surface area contributed by atoms with E-state index >= 15 is 0 Å². The normalized spacial score (nSPS) is 16.8. The molecular formula is C16H16N4. The lowest BCUT2D eigenvalue weighted by Gasteiger charge is -2.19. The lowest BCUT2D eigenvalue weighted by Crippen LogP contribution is -2.17. The molecule has 0 saturated heterocycles. The summed E-state index contributed by atoms with van der Waals surface area (Å²) in [7, 11) is 0. The van der Waals surface area contributed by atoms with Crippen molar-refractivity contribution in [1.29, 1.82) is 5.26 Å². The van der Waals surface area contributed by atoms with Crippen LogP contribution in [-0.4, -0.2) is 18.1 Å². The Hall–Kier alpha value is -2.38. The third kappa shape index (κ3) is 2.13. The predicted octanol–water partition coefficient (Wildman–Crippen LogP) is 2.54. The second-order valence-electron chi connectivity index (χ2n) is 4.96. The van der Waals surface area contributed by atoms with Crippen molar-refractivity contribution < 1.29 is 0 Å². The number of para-hydroxylation sites is 1. The number of anilines is 2. The van der Waals surface area contributed by atoms with E-state index in [1.54, 1.807) is 12.3 Å². The van der Waals surface area contributed by atoms with Crippen LogP contribution in [0.4, 0.5) is 11.4 Å². The van der Waals surface area contributed by atoms with Crippen molar-refractivity contribution in [2.45, 2.75) is 12.3 Å². The van der Waals surface area contributed by atoms with Crippen LogP contribution in [0.2, 0.25) is 0 Å². The van der Waals surface area contributed by atoms with Crippen molar-refractivity contribution in [3.63, 3.8) is 0 Å². The second-order valence-corrected chi connectivity index (χ2v) is 4.96. The molecule has 4 heteroatoms. The monoisotopic (exact) mass is 264 g/mol. The molecule has 0 bridgehead atoms. The van der Waals surface area contributed by atoms with Gasteiger partial charge in [0.25, 0.3) is 0 Å². The van der Waals surface area contributed by atoms with E-state index < -0.39 is 0 Å². The van der Waals surface area contributed by atoms with Crippen LogP contribution >= 0.6 is 0 Å². The van der Waals surface area contributed by atoms with Gasteiger partial charge in [-0.15, -0.1) is 0 Å². The number of benzene rings is 1. The standard InChI is InChI=1S/C16H16N4/c17-8-7-12-11-20(16-4-2-1-3-15(12)16)14-6-5-13(9-18)19-10-14/h1-6,10,12H,7-8,11,17H2. The van der Waals surface area contributed by atoms with Crippen molar-refractivity contribution in [3.8, 4) is 6.07 Å². The smallest absolute Gasteiger partial charge is 0.140 e. The van der Waals surface area contributed by atoms with Gasteiger partial charge in [0.15, 0.2) is 0 Å². The van der Waals surface area contributed by atoms with Crippen LogP contribution < -0.4 is 10.6 Å². The molecule has 1 unspecified atom stereocenters. The van der Waals surface area contributed by atoms with E-state index in [1.807, 2.05) is 18.2 Å². The molecule has 0 amide bonds. The van der Waals surface area contributed by atoms with Gasteiger partial charge in [-0.25, -0.2) is 4.98 Å². The molecule has 0 radical (unpaired) electrons. The van der Waals surface area contributed by atoms with Gasteiger partial charge < -0.3 is 10.6 Å². The van der Waals surface area contributed by atoms with Crippen LogP contribution in [0.1, 0.15) is 23.6 Å². The molecule has 0 saturated carbocycles. The number of pyridine rings is 1. The van der Waals surface area contributed by atoms with Crippen LogP contribution in [0.25, 0.3) is 0 Å². The molecule has 2 N–H and O–H groups in total. The quantitative estimate of drug-likeness (QED) is 0.925. The van der Waals surface area contributed by atoms with E-state index in [0.29, 0.717) is 18.2 Å². The number of hydrogen-bond donors (Lipinski definition) is 1. The lowest BCUT2D eigenvalue weighted by atomic mass is 9.98. The Morgan fingerprint density at radius 3 is 2.85 bits per heavy atom. The van der Waals surface area contributed by atoms with Crippen molar-refractivity contribution >= 4 is 11.4 Å². The van der Waals surface area contributed by atoms with E-state index in [-0.39, 0.29) is 0 Å². The van der Waals surface area contributed by atoms with Gasteiger partial charge in [0.05, 0.1) is 11.9 Å². The van der Waals surface area contributed by atoms with Gasteiger partial charge in [-0.3, -0.25) is 0 Å². The van der Waals surface area contributed by atoms with Crippen LogP contribution in [0.15, 0.2) is 42.6 Å². The summed E-state index contributed by atoms with van der Waals surface area (Å²) in [5.41, 5.74) is 9.76. The van der Waals surface area contributed by atoms with Crippen molar-refractivity contribution in [2.75, 3.05) is 18.0 Å². The Morgan fingerprint density at radius 1 is 1.30 bits per heavy atom. The number of fused-ring (bicyclic) bond motifs is 1. The van der Waals surface area contributed by atoms with Crippen LogP contribution in [0.5, 0.6) is 0 Å². The van der Waals surface area contributed by atoms with Gasteiger partial charge in [0.1, 0.15) is 11.8 Å². The molecule has 2 heterocycles. The van der Waals surface area contributed by atoms with Crippen LogP contribution in [0, 0.1) is 11.3 Å². The first-order chi connectivity index (χ1) is 9.83. The fourth-order valence-corrected chi connectivity index (χ4v) is 2.80. The topological polar surface area (TPSA) is 65.9 Å². The Kier molecular flexibility index (Phi) is 3.36. The Labute approximate surface area is 118 Å². The predicted molar refractivity (Wildman–Crippen MR) is 78.8 cm³/mol. The highest BCUT2D eigenvalue weighted by atomic mass is 15.2. The van der Waals surface area contributed by atoms with Gasteiger partial charge in [-0.05, 0) is 36.7 Å². The molecule has 0 aliphatic carbocycles. The number of nitrogens with zero attached hydrogens (tertiary/aromatic N) is 3. The average molecular weight is 264 g/mol. The highest BCUT2D eigenvalue weighted by Gasteiger charge is 2.28. The number of hydrogen-bond acceptors (Lipinski definition) is 4. The Balaban J connectivity index is 1.96. The van der Waals surface area contributed by atoms with Gasteiger partial charge in [0, 0.05) is 18.2 Å². The summed E-state index contributed by atoms with van der Waals surface area (Å²) in [5, 5.41) is 8.82. The summed E-state index contributed by atoms with van der Waals surface area (Å²) in [4.78, 5) is 6.41. The fraction of sp³-hybridized carbons (Fsp3) is 0.250. The summed E-state index contributed by atoms with van der Waals surface area (Å²) >= 11 is 0. The average Bonchev–Trinajstić information content (AvgIpc) is 2.87. The molecule has 0 spiro atoms. The van der Waals surface area contributed by atoms with Crippen LogP contribution in [-0.2, 0) is 0 Å². The molecule has 20 heavy (non-hydrogen) atoms. The van der Waals surface area contributed by atoms with Crippen LogP contribution in [0.3, 0.4) is 0 Å². The Bertz CT molecular complexity index is 642. The highest BCUT2D eigenvalue weighted by Crippen LogP contribution is 2.41. The van der Waals surface area contributed by atoms with E-state index in [4.69, 9.17) is 11.0 Å². The number of nitrogens with two attached hydrogens (primary N) is 1. The van der Waals surface area contributed by atoms with Gasteiger partial charge >= 0.3 is 0 Å². The molecule has 3 rings (SSSR count). The molecular weight excluding hydrogens is 248 g/mol. The molecule has 4 nitrogen and oxygen atoms in total. The molecule has 1 aliphatic heterocycles. The maximum atomic E-state index is 8.82. The van der Waals surface area contributed by atoms with Gasteiger partial charge in [-0.2, -0.15) is 5.26 Å². The summed E-state index contributed by atoms with van der Waals surface area (Å²) in [5.74, 6) is 0.465. The minimum Gasteiger partial charge on any atom is -0.339 e. The van der Waals surface area contributed by atoms with Gasteiger partial charge in [0.2, 0.25) is 0 Å². The SMILES string of the molecule is N#Cc1ccc(N2CC(CCN)c3ccccc32)cn1. The zero-order valence-corrected chi connectivity index (χ0v) is 11.2. The number of aromatic nitrogens is 1. The summed E-state index contributed by atoms with van der Waals surface area (Å²) < 4.78 is 0. The molecule has 1 aliphatic rings. The number of rotatable bonds is 3. The second kappa shape index (κ2) is 5.32. The maximum Gasteiger partial charge on any atom is 0.140 e. The number of nitriles is 1. The summed E-state index contributed by atoms with van der Waals surface area (Å²) in [6.07, 6.45) is 2.75. The van der Waals surface area contributed by atoms with E-state index in [1.165, 1.54) is 11.3 Å². The van der Waals surface area contributed by atoms with E-state index in [2.05, 4.69) is 28.1 Å². The van der Waals surface area contributed by atoms with E-state index in [9.17, 15) is 0 Å². The zero-order valence-electron chi connectivity index (χ0n) is 11.2. The van der Waals surface area contributed by atoms with Crippen molar-refractivity contribution in [1.82, 2.24) is 4.98 Å². The first-order valence-electron chi connectivity index (χ1n) is 6.76. The molecule has 1 atom stereocenters. The molecule has 1 aromatic heterocycles. The molecule has 1 aromatic carbocycles. The molecule has 100 valence electrons. The Morgan fingerprint density at radius 2 is 2.15 bits per heavy atom. The fourth-order valence-electron chi connectivity index (χ4n) is 2.80. The lowest BCUT2D eigenvalue weighted by molar-refractivity contribution is 0.668. The van der Waals surface area contributed by atoms with Crippen molar-refractivity contribution in [3.05, 3.63) is 53.9 Å². The van der Waals surface area contributed by atoms with Crippen molar-refractivity contribution in [2.24, 2.45) is 5.73 Å². The minimum absolute atomic E-state index is 0.444. The first-order valence-corrected chi connectivity index (χ1v) is 6.76. The highest BCUT2D eigenvalue weighted by molar-refractivity contribution is 5.70.